The van der Waals surface area contributed by atoms with Gasteiger partial charge in [0.25, 0.3) is 11.4 Å². The van der Waals surface area contributed by atoms with Gasteiger partial charge in [-0.15, -0.1) is 0 Å². The quantitative estimate of drug-likeness (QED) is 0.602. The Hall–Kier alpha value is -2.26. The van der Waals surface area contributed by atoms with Crippen LogP contribution in [-0.2, 0) is 9.47 Å². The number of non-ortho nitro benzene ring substituents is 1. The molecule has 0 radical (unpaired) electrons. The van der Waals surface area contributed by atoms with Crippen LogP contribution < -0.4 is 4.90 Å². The van der Waals surface area contributed by atoms with Crippen LogP contribution in [0.1, 0.15) is 6.92 Å². The second-order valence-corrected chi connectivity index (χ2v) is 5.12. The second-order valence-electron chi connectivity index (χ2n) is 5.12. The number of hydrogen-bond acceptors (Lipinski definition) is 7. The van der Waals surface area contributed by atoms with E-state index in [0.717, 1.165) is 6.07 Å². The molecule has 2 rings (SSSR count). The first kappa shape index (κ1) is 16.1. The van der Waals surface area contributed by atoms with Crippen LogP contribution in [0.2, 0.25) is 0 Å². The van der Waals surface area contributed by atoms with Gasteiger partial charge < -0.3 is 14.4 Å². The molecular formula is C13H17N3O6. The highest BCUT2D eigenvalue weighted by Crippen LogP contribution is 2.33. The van der Waals surface area contributed by atoms with E-state index in [1.807, 2.05) is 6.92 Å². The summed E-state index contributed by atoms with van der Waals surface area (Å²) in [5, 5.41) is 22.0. The molecule has 120 valence electrons. The largest absolute Gasteiger partial charge is 0.382 e. The van der Waals surface area contributed by atoms with E-state index in [0.29, 0.717) is 25.4 Å². The van der Waals surface area contributed by atoms with Gasteiger partial charge in [0.05, 0.1) is 34.7 Å². The Labute approximate surface area is 126 Å². The van der Waals surface area contributed by atoms with Gasteiger partial charge in [-0.3, -0.25) is 20.2 Å². The number of benzene rings is 1. The topological polar surface area (TPSA) is 108 Å². The Balaban J connectivity index is 2.34. The van der Waals surface area contributed by atoms with Crippen LogP contribution in [0.3, 0.4) is 0 Å². The molecule has 1 aromatic carbocycles. The summed E-state index contributed by atoms with van der Waals surface area (Å²) in [6.07, 6.45) is -0.327. The van der Waals surface area contributed by atoms with Crippen molar-refractivity contribution < 1.29 is 19.3 Å². The van der Waals surface area contributed by atoms with Crippen LogP contribution in [0, 0.1) is 20.2 Å². The fraction of sp³-hybridized carbons (Fsp3) is 0.538. The van der Waals surface area contributed by atoms with Crippen molar-refractivity contribution in [3.05, 3.63) is 38.4 Å². The number of nitro benzene ring substituents is 2. The van der Waals surface area contributed by atoms with E-state index in [9.17, 15) is 20.2 Å². The molecule has 1 saturated heterocycles. The number of rotatable bonds is 5. The lowest BCUT2D eigenvalue weighted by Gasteiger charge is -2.37. The van der Waals surface area contributed by atoms with Crippen LogP contribution in [0.4, 0.5) is 17.1 Å². The molecule has 22 heavy (non-hydrogen) atoms. The number of ether oxygens (including phenoxy) is 2. The number of anilines is 1. The molecule has 9 heteroatoms. The predicted molar refractivity (Wildman–Crippen MR) is 78.2 cm³/mol. The summed E-state index contributed by atoms with van der Waals surface area (Å²) in [5.74, 6) is 0. The summed E-state index contributed by atoms with van der Waals surface area (Å²) in [6, 6.07) is 3.67. The molecule has 1 aliphatic heterocycles. The highest BCUT2D eigenvalue weighted by molar-refractivity contribution is 5.67. The summed E-state index contributed by atoms with van der Waals surface area (Å²) < 4.78 is 10.8. The summed E-state index contributed by atoms with van der Waals surface area (Å²) in [4.78, 5) is 22.6. The highest BCUT2D eigenvalue weighted by atomic mass is 16.6. The molecule has 1 fully saturated rings. The van der Waals surface area contributed by atoms with Crippen molar-refractivity contribution in [2.24, 2.45) is 0 Å². The lowest BCUT2D eigenvalue weighted by atomic mass is 10.1. The van der Waals surface area contributed by atoms with Gasteiger partial charge in [-0.05, 0) is 13.0 Å². The van der Waals surface area contributed by atoms with Crippen molar-refractivity contribution in [2.75, 3.05) is 31.7 Å². The van der Waals surface area contributed by atoms with E-state index in [2.05, 4.69) is 0 Å². The highest BCUT2D eigenvalue weighted by Gasteiger charge is 2.30. The van der Waals surface area contributed by atoms with Crippen molar-refractivity contribution in [1.82, 2.24) is 0 Å². The van der Waals surface area contributed by atoms with Gasteiger partial charge in [-0.1, -0.05) is 0 Å². The minimum Gasteiger partial charge on any atom is -0.382 e. The molecule has 2 unspecified atom stereocenters. The Morgan fingerprint density at radius 1 is 1.32 bits per heavy atom. The summed E-state index contributed by atoms with van der Waals surface area (Å²) in [7, 11) is 1.56. The Kier molecular flexibility index (Phi) is 4.88. The van der Waals surface area contributed by atoms with Crippen molar-refractivity contribution in [1.29, 1.82) is 0 Å². The molecule has 0 aromatic heterocycles. The van der Waals surface area contributed by atoms with Crippen LogP contribution in [0.25, 0.3) is 0 Å². The number of nitrogens with zero attached hydrogens (tertiary/aromatic N) is 3. The molecule has 0 N–H and O–H groups in total. The zero-order valence-corrected chi connectivity index (χ0v) is 12.3. The average molecular weight is 311 g/mol. The number of hydrogen-bond donors (Lipinski definition) is 0. The van der Waals surface area contributed by atoms with Gasteiger partial charge in [0.2, 0.25) is 0 Å². The van der Waals surface area contributed by atoms with Crippen molar-refractivity contribution >= 4 is 17.1 Å². The van der Waals surface area contributed by atoms with Gasteiger partial charge in [0, 0.05) is 26.3 Å². The van der Waals surface area contributed by atoms with E-state index in [-0.39, 0.29) is 23.6 Å². The van der Waals surface area contributed by atoms with Gasteiger partial charge in [0.1, 0.15) is 5.69 Å². The zero-order valence-electron chi connectivity index (χ0n) is 12.3. The molecule has 0 spiro atoms. The van der Waals surface area contributed by atoms with Crippen molar-refractivity contribution in [2.45, 2.75) is 19.1 Å². The predicted octanol–water partition coefficient (Wildman–Crippen LogP) is 1.74. The second kappa shape index (κ2) is 6.67. The van der Waals surface area contributed by atoms with E-state index < -0.39 is 9.85 Å². The number of morpholine rings is 1. The maximum Gasteiger partial charge on any atom is 0.299 e. The van der Waals surface area contributed by atoms with Gasteiger partial charge in [-0.2, -0.15) is 0 Å². The van der Waals surface area contributed by atoms with Crippen molar-refractivity contribution in [3.8, 4) is 0 Å². The standard InChI is InChI=1S/C13H17N3O6/c1-9-6-14(7-11(22-9)8-21-2)12-4-3-10(15(17)18)5-13(12)16(19)20/h3-5,9,11H,6-8H2,1-2H3. The molecule has 0 saturated carbocycles. The van der Waals surface area contributed by atoms with Crippen LogP contribution in [0.15, 0.2) is 18.2 Å². The minimum atomic E-state index is -0.646. The van der Waals surface area contributed by atoms with Gasteiger partial charge in [-0.25, -0.2) is 0 Å². The van der Waals surface area contributed by atoms with E-state index >= 15 is 0 Å². The zero-order chi connectivity index (χ0) is 16.3. The van der Waals surface area contributed by atoms with Crippen LogP contribution >= 0.6 is 0 Å². The molecule has 1 aliphatic rings. The Morgan fingerprint density at radius 2 is 2.05 bits per heavy atom. The SMILES string of the molecule is COCC1CN(c2ccc([N+](=O)[O-])cc2[N+](=O)[O-])CC(C)O1. The van der Waals surface area contributed by atoms with Crippen LogP contribution in [-0.4, -0.2) is 48.9 Å². The molecule has 0 amide bonds. The summed E-state index contributed by atoms with van der Waals surface area (Å²) in [5.41, 5.74) is -0.225. The number of methoxy groups -OCH3 is 1. The molecule has 1 heterocycles. The maximum atomic E-state index is 11.2. The van der Waals surface area contributed by atoms with Gasteiger partial charge in [0.15, 0.2) is 0 Å². The maximum absolute atomic E-state index is 11.2. The first-order chi connectivity index (χ1) is 10.4. The smallest absolute Gasteiger partial charge is 0.299 e. The average Bonchev–Trinajstić information content (AvgIpc) is 2.46. The lowest BCUT2D eigenvalue weighted by Crippen LogP contribution is -2.48. The fourth-order valence-electron chi connectivity index (χ4n) is 2.56. The molecule has 0 bridgehead atoms. The normalized spacial score (nSPS) is 21.6. The third-order valence-corrected chi connectivity index (χ3v) is 3.39. The third kappa shape index (κ3) is 3.49. The summed E-state index contributed by atoms with van der Waals surface area (Å²) >= 11 is 0. The third-order valence-electron chi connectivity index (χ3n) is 3.39. The molecule has 2 atom stereocenters. The fourth-order valence-corrected chi connectivity index (χ4v) is 2.56. The molecule has 1 aromatic rings. The first-order valence-electron chi connectivity index (χ1n) is 6.74. The van der Waals surface area contributed by atoms with E-state index in [1.54, 1.807) is 12.0 Å². The Bertz CT molecular complexity index is 579. The minimum absolute atomic E-state index is 0.122. The lowest BCUT2D eigenvalue weighted by molar-refractivity contribution is -0.393. The first-order valence-corrected chi connectivity index (χ1v) is 6.74. The van der Waals surface area contributed by atoms with Crippen LogP contribution in [0.5, 0.6) is 0 Å². The Morgan fingerprint density at radius 3 is 2.64 bits per heavy atom. The van der Waals surface area contributed by atoms with Gasteiger partial charge >= 0.3 is 0 Å². The molecular weight excluding hydrogens is 294 g/mol. The van der Waals surface area contributed by atoms with E-state index in [1.165, 1.54) is 12.1 Å². The number of nitro groups is 2. The summed E-state index contributed by atoms with van der Waals surface area (Å²) in [6.45, 7) is 3.14. The van der Waals surface area contributed by atoms with E-state index in [4.69, 9.17) is 9.47 Å². The molecule has 0 aliphatic carbocycles. The van der Waals surface area contributed by atoms with Crippen molar-refractivity contribution in [3.63, 3.8) is 0 Å². The molecule has 9 nitrogen and oxygen atoms in total. The monoisotopic (exact) mass is 311 g/mol.